The summed E-state index contributed by atoms with van der Waals surface area (Å²) in [6.07, 6.45) is 1.39. The molecule has 0 bridgehead atoms. The van der Waals surface area contributed by atoms with Crippen molar-refractivity contribution in [1.82, 2.24) is 15.2 Å². The molecule has 2 amide bonds. The van der Waals surface area contributed by atoms with E-state index in [4.69, 9.17) is 5.73 Å². The fraction of sp³-hybridized carbons (Fsp3) is 0.389. The first kappa shape index (κ1) is 18.1. The average Bonchev–Trinajstić information content (AvgIpc) is 2.64. The van der Waals surface area contributed by atoms with Gasteiger partial charge in [-0.05, 0) is 31.0 Å². The molecule has 7 nitrogen and oxygen atoms in total. The maximum absolute atomic E-state index is 13.4. The molecular weight excluding hydrogens is 339 g/mol. The first-order valence-electron chi connectivity index (χ1n) is 8.59. The molecule has 2 aromatic rings. The Morgan fingerprint density at radius 1 is 1.35 bits per heavy atom. The van der Waals surface area contributed by atoms with Crippen LogP contribution in [0.3, 0.4) is 0 Å². The van der Waals surface area contributed by atoms with Gasteiger partial charge in [-0.15, -0.1) is 0 Å². The number of hydrogen-bond donors (Lipinski definition) is 3. The van der Waals surface area contributed by atoms with Gasteiger partial charge >= 0.3 is 0 Å². The Morgan fingerprint density at radius 3 is 2.92 bits per heavy atom. The van der Waals surface area contributed by atoms with Crippen LogP contribution in [0.5, 0.6) is 0 Å². The molecule has 4 N–H and O–H groups in total. The summed E-state index contributed by atoms with van der Waals surface area (Å²) in [6.45, 7) is 1.55. The SMILES string of the molecule is NCCNC(=O)C1CCCN(C(=O)c2cc(=O)[nH]c3cc(F)ccc23)C1. The van der Waals surface area contributed by atoms with Crippen molar-refractivity contribution in [2.75, 3.05) is 26.2 Å². The van der Waals surface area contributed by atoms with Crippen LogP contribution in [-0.4, -0.2) is 47.9 Å². The highest BCUT2D eigenvalue weighted by molar-refractivity contribution is 6.06. The first-order chi connectivity index (χ1) is 12.5. The van der Waals surface area contributed by atoms with Gasteiger partial charge in [0.2, 0.25) is 11.5 Å². The van der Waals surface area contributed by atoms with Gasteiger partial charge in [0.05, 0.1) is 17.0 Å². The van der Waals surface area contributed by atoms with Crippen molar-refractivity contribution in [3.63, 3.8) is 0 Å². The second kappa shape index (κ2) is 7.65. The van der Waals surface area contributed by atoms with E-state index in [0.29, 0.717) is 37.9 Å². The lowest BCUT2D eigenvalue weighted by molar-refractivity contribution is -0.126. The number of rotatable bonds is 4. The maximum Gasteiger partial charge on any atom is 0.254 e. The number of amides is 2. The quantitative estimate of drug-likeness (QED) is 0.742. The topological polar surface area (TPSA) is 108 Å². The zero-order chi connectivity index (χ0) is 18.7. The van der Waals surface area contributed by atoms with Crippen LogP contribution in [0.15, 0.2) is 29.1 Å². The van der Waals surface area contributed by atoms with Gasteiger partial charge in [0.1, 0.15) is 5.82 Å². The lowest BCUT2D eigenvalue weighted by Gasteiger charge is -2.32. The molecule has 1 unspecified atom stereocenters. The number of fused-ring (bicyclic) bond motifs is 1. The van der Waals surface area contributed by atoms with Crippen LogP contribution >= 0.6 is 0 Å². The summed E-state index contributed by atoms with van der Waals surface area (Å²) in [7, 11) is 0. The number of likely N-dealkylation sites (tertiary alicyclic amines) is 1. The molecule has 1 fully saturated rings. The van der Waals surface area contributed by atoms with Crippen LogP contribution in [-0.2, 0) is 4.79 Å². The Bertz CT molecular complexity index is 896. The second-order valence-corrected chi connectivity index (χ2v) is 6.41. The minimum absolute atomic E-state index is 0.120. The van der Waals surface area contributed by atoms with E-state index in [1.807, 2.05) is 0 Å². The summed E-state index contributed by atoms with van der Waals surface area (Å²) in [5.74, 6) is -1.24. The molecule has 8 heteroatoms. The van der Waals surface area contributed by atoms with Gasteiger partial charge in [0, 0.05) is 37.6 Å². The number of H-pyrrole nitrogens is 1. The van der Waals surface area contributed by atoms with Crippen molar-refractivity contribution in [2.45, 2.75) is 12.8 Å². The summed E-state index contributed by atoms with van der Waals surface area (Å²) >= 11 is 0. The molecule has 0 saturated carbocycles. The molecule has 1 atom stereocenters. The number of nitrogens with one attached hydrogen (secondary N) is 2. The first-order valence-corrected chi connectivity index (χ1v) is 8.59. The van der Waals surface area contributed by atoms with Crippen LogP contribution in [0.4, 0.5) is 4.39 Å². The van der Waals surface area contributed by atoms with E-state index in [0.717, 1.165) is 0 Å². The number of aromatic amines is 1. The van der Waals surface area contributed by atoms with Crippen LogP contribution in [0.25, 0.3) is 10.9 Å². The highest BCUT2D eigenvalue weighted by atomic mass is 19.1. The number of nitrogens with two attached hydrogens (primary N) is 1. The van der Waals surface area contributed by atoms with E-state index in [2.05, 4.69) is 10.3 Å². The normalized spacial score (nSPS) is 17.3. The lowest BCUT2D eigenvalue weighted by atomic mass is 9.96. The number of nitrogens with zero attached hydrogens (tertiary/aromatic N) is 1. The Kier molecular flexibility index (Phi) is 5.32. The molecule has 1 aliphatic rings. The molecule has 2 heterocycles. The number of halogens is 1. The number of benzene rings is 1. The third-order valence-electron chi connectivity index (χ3n) is 4.56. The number of carbonyl (C=O) groups is 2. The van der Waals surface area contributed by atoms with Crippen LogP contribution in [0, 0.1) is 11.7 Å². The molecule has 26 heavy (non-hydrogen) atoms. The van der Waals surface area contributed by atoms with E-state index in [9.17, 15) is 18.8 Å². The van der Waals surface area contributed by atoms with E-state index in [1.54, 1.807) is 4.90 Å². The number of piperidine rings is 1. The molecular formula is C18H21FN4O3. The Morgan fingerprint density at radius 2 is 2.15 bits per heavy atom. The Balaban J connectivity index is 1.86. The third kappa shape index (κ3) is 3.75. The summed E-state index contributed by atoms with van der Waals surface area (Å²) in [5.41, 5.74) is 5.41. The van der Waals surface area contributed by atoms with Crippen molar-refractivity contribution < 1.29 is 14.0 Å². The zero-order valence-electron chi connectivity index (χ0n) is 14.3. The number of carbonyl (C=O) groups excluding carboxylic acids is 2. The minimum atomic E-state index is -0.493. The van der Waals surface area contributed by atoms with Gasteiger partial charge in [0.15, 0.2) is 0 Å². The van der Waals surface area contributed by atoms with E-state index in [-0.39, 0.29) is 35.4 Å². The van der Waals surface area contributed by atoms with Crippen molar-refractivity contribution in [2.24, 2.45) is 11.7 Å². The predicted molar refractivity (Wildman–Crippen MR) is 95.2 cm³/mol. The largest absolute Gasteiger partial charge is 0.355 e. The number of aromatic nitrogens is 1. The van der Waals surface area contributed by atoms with Gasteiger partial charge in [-0.2, -0.15) is 0 Å². The molecule has 138 valence electrons. The van der Waals surface area contributed by atoms with Gasteiger partial charge in [-0.3, -0.25) is 14.4 Å². The van der Waals surface area contributed by atoms with Crippen LogP contribution in [0.2, 0.25) is 0 Å². The number of pyridine rings is 1. The predicted octanol–water partition coefficient (Wildman–Crippen LogP) is 0.594. The summed E-state index contributed by atoms with van der Waals surface area (Å²) < 4.78 is 13.4. The molecule has 0 aliphatic carbocycles. The van der Waals surface area contributed by atoms with Crippen LogP contribution in [0.1, 0.15) is 23.2 Å². The summed E-state index contributed by atoms with van der Waals surface area (Å²) in [6, 6.07) is 5.13. The highest BCUT2D eigenvalue weighted by Crippen LogP contribution is 2.22. The van der Waals surface area contributed by atoms with Gasteiger partial charge < -0.3 is 20.9 Å². The average molecular weight is 360 g/mol. The monoisotopic (exact) mass is 360 g/mol. The van der Waals surface area contributed by atoms with Crippen molar-refractivity contribution in [3.8, 4) is 0 Å². The zero-order valence-corrected chi connectivity index (χ0v) is 14.3. The fourth-order valence-corrected chi connectivity index (χ4v) is 3.30. The molecule has 1 aromatic carbocycles. The van der Waals surface area contributed by atoms with Gasteiger partial charge in [0.25, 0.3) is 5.91 Å². The van der Waals surface area contributed by atoms with Crippen molar-refractivity contribution in [3.05, 3.63) is 46.0 Å². The molecule has 1 aromatic heterocycles. The Labute approximate surface area is 149 Å². The van der Waals surface area contributed by atoms with Crippen LogP contribution < -0.4 is 16.6 Å². The van der Waals surface area contributed by atoms with E-state index >= 15 is 0 Å². The third-order valence-corrected chi connectivity index (χ3v) is 4.56. The number of hydrogen-bond acceptors (Lipinski definition) is 4. The molecule has 1 saturated heterocycles. The van der Waals surface area contributed by atoms with Crippen molar-refractivity contribution >= 4 is 22.7 Å². The molecule has 0 radical (unpaired) electrons. The molecule has 1 aliphatic heterocycles. The van der Waals surface area contributed by atoms with Gasteiger partial charge in [-0.1, -0.05) is 0 Å². The molecule has 0 spiro atoms. The standard InChI is InChI=1S/C18H21FN4O3/c19-12-3-4-13-14(9-16(24)22-15(13)8-12)18(26)23-7-1-2-11(10-23)17(25)21-6-5-20/h3-4,8-9,11H,1-2,5-7,10,20H2,(H,21,25)(H,22,24). The molecule has 3 rings (SSSR count). The van der Waals surface area contributed by atoms with Gasteiger partial charge in [-0.25, -0.2) is 4.39 Å². The Hall–Kier alpha value is -2.74. The highest BCUT2D eigenvalue weighted by Gasteiger charge is 2.29. The summed E-state index contributed by atoms with van der Waals surface area (Å²) in [4.78, 5) is 41.1. The minimum Gasteiger partial charge on any atom is -0.355 e. The maximum atomic E-state index is 13.4. The lowest BCUT2D eigenvalue weighted by Crippen LogP contribution is -2.46. The fourth-order valence-electron chi connectivity index (χ4n) is 3.30. The summed E-state index contributed by atoms with van der Waals surface area (Å²) in [5, 5.41) is 3.23. The second-order valence-electron chi connectivity index (χ2n) is 6.41. The van der Waals surface area contributed by atoms with Crippen molar-refractivity contribution in [1.29, 1.82) is 0 Å². The van der Waals surface area contributed by atoms with E-state index in [1.165, 1.54) is 24.3 Å². The smallest absolute Gasteiger partial charge is 0.254 e. The van der Waals surface area contributed by atoms with E-state index < -0.39 is 11.4 Å².